The van der Waals surface area contributed by atoms with E-state index < -0.39 is 23.6 Å². The number of hydrogen-bond donors (Lipinski definition) is 1. The number of rotatable bonds is 2. The third kappa shape index (κ3) is 2.63. The highest BCUT2D eigenvalue weighted by atomic mass is 19.4. The molecule has 0 aliphatic heterocycles. The first-order valence-electron chi connectivity index (χ1n) is 5.37. The molecule has 20 heavy (non-hydrogen) atoms. The molecule has 0 fully saturated rings. The molecule has 0 bridgehead atoms. The molecular formula is C12H9F4N3O. The predicted molar refractivity (Wildman–Crippen MR) is 63.4 cm³/mol. The zero-order chi connectivity index (χ0) is 14.9. The zero-order valence-corrected chi connectivity index (χ0v) is 10.2. The van der Waals surface area contributed by atoms with Gasteiger partial charge in [0, 0.05) is 11.6 Å². The van der Waals surface area contributed by atoms with Crippen molar-refractivity contribution >= 4 is 5.82 Å². The van der Waals surface area contributed by atoms with Gasteiger partial charge in [0.05, 0.1) is 12.8 Å². The fourth-order valence-electron chi connectivity index (χ4n) is 1.60. The van der Waals surface area contributed by atoms with Crippen molar-refractivity contribution in [3.05, 3.63) is 35.9 Å². The molecule has 0 aliphatic carbocycles. The topological polar surface area (TPSA) is 61.0 Å². The Kier molecular flexibility index (Phi) is 3.47. The largest absolute Gasteiger partial charge is 0.494 e. The standard InChI is InChI=1S/C12H9F4N3O/c1-20-8-4-2-3-6(10(8)13)7-5-9(17)19-11(18-7)12(14,15)16/h2-5H,1H3,(H2,17,18,19). The normalized spacial score (nSPS) is 11.4. The summed E-state index contributed by atoms with van der Waals surface area (Å²) in [4.78, 5) is 6.39. The number of anilines is 1. The van der Waals surface area contributed by atoms with E-state index in [0.717, 1.165) is 6.07 Å². The van der Waals surface area contributed by atoms with E-state index in [0.29, 0.717) is 0 Å². The minimum absolute atomic E-state index is 0.103. The molecule has 0 saturated carbocycles. The molecule has 0 amide bonds. The summed E-state index contributed by atoms with van der Waals surface area (Å²) in [6, 6.07) is 5.11. The van der Waals surface area contributed by atoms with Crippen LogP contribution in [0.25, 0.3) is 11.3 Å². The van der Waals surface area contributed by atoms with Gasteiger partial charge in [0.2, 0.25) is 5.82 Å². The maximum absolute atomic E-state index is 14.0. The molecule has 4 nitrogen and oxygen atoms in total. The number of alkyl halides is 3. The summed E-state index contributed by atoms with van der Waals surface area (Å²) >= 11 is 0. The molecule has 2 N–H and O–H groups in total. The van der Waals surface area contributed by atoms with E-state index in [1.807, 2.05) is 0 Å². The Bertz CT molecular complexity index is 643. The van der Waals surface area contributed by atoms with Gasteiger partial charge in [0.1, 0.15) is 5.82 Å². The minimum atomic E-state index is -4.76. The lowest BCUT2D eigenvalue weighted by molar-refractivity contribution is -0.144. The van der Waals surface area contributed by atoms with E-state index in [-0.39, 0.29) is 17.0 Å². The number of nitrogens with two attached hydrogens (primary N) is 1. The van der Waals surface area contributed by atoms with Crippen molar-refractivity contribution in [1.82, 2.24) is 9.97 Å². The number of nitrogen functional groups attached to an aromatic ring is 1. The second-order valence-electron chi connectivity index (χ2n) is 3.82. The number of ether oxygens (including phenoxy) is 1. The summed E-state index contributed by atoms with van der Waals surface area (Å²) in [5, 5.41) is 0. The third-order valence-corrected chi connectivity index (χ3v) is 2.46. The molecule has 0 saturated heterocycles. The minimum Gasteiger partial charge on any atom is -0.494 e. The van der Waals surface area contributed by atoms with Crippen LogP contribution in [0.1, 0.15) is 5.82 Å². The highest BCUT2D eigenvalue weighted by molar-refractivity contribution is 5.64. The molecule has 1 aromatic heterocycles. The molecule has 0 unspecified atom stereocenters. The Morgan fingerprint density at radius 1 is 1.20 bits per heavy atom. The van der Waals surface area contributed by atoms with Crippen molar-refractivity contribution in [3.63, 3.8) is 0 Å². The molecule has 8 heteroatoms. The molecule has 2 aromatic rings. The van der Waals surface area contributed by atoms with Crippen molar-refractivity contribution < 1.29 is 22.3 Å². The van der Waals surface area contributed by atoms with Crippen LogP contribution in [0.2, 0.25) is 0 Å². The van der Waals surface area contributed by atoms with Gasteiger partial charge >= 0.3 is 6.18 Å². The Balaban J connectivity index is 2.62. The Hall–Kier alpha value is -2.38. The summed E-state index contributed by atoms with van der Waals surface area (Å²) in [6.07, 6.45) is -4.76. The number of aromatic nitrogens is 2. The SMILES string of the molecule is COc1cccc(-c2cc(N)nc(C(F)(F)F)n2)c1F. The van der Waals surface area contributed by atoms with Gasteiger partial charge in [-0.3, -0.25) is 0 Å². The van der Waals surface area contributed by atoms with Crippen LogP contribution in [0.3, 0.4) is 0 Å². The Morgan fingerprint density at radius 2 is 1.90 bits per heavy atom. The van der Waals surface area contributed by atoms with Crippen molar-refractivity contribution in [2.24, 2.45) is 0 Å². The average Bonchev–Trinajstić information content (AvgIpc) is 2.37. The van der Waals surface area contributed by atoms with Crippen LogP contribution in [0, 0.1) is 5.82 Å². The third-order valence-electron chi connectivity index (χ3n) is 2.46. The second kappa shape index (κ2) is 4.95. The van der Waals surface area contributed by atoms with E-state index in [1.165, 1.54) is 25.3 Å². The van der Waals surface area contributed by atoms with Gasteiger partial charge in [-0.05, 0) is 12.1 Å². The van der Waals surface area contributed by atoms with Crippen LogP contribution in [0.4, 0.5) is 23.4 Å². The predicted octanol–water partition coefficient (Wildman–Crippen LogP) is 2.89. The quantitative estimate of drug-likeness (QED) is 0.863. The van der Waals surface area contributed by atoms with Gasteiger partial charge < -0.3 is 10.5 Å². The van der Waals surface area contributed by atoms with E-state index in [4.69, 9.17) is 10.5 Å². The lowest BCUT2D eigenvalue weighted by Crippen LogP contribution is -2.13. The Labute approximate surface area is 111 Å². The van der Waals surface area contributed by atoms with E-state index in [2.05, 4.69) is 9.97 Å². The first kappa shape index (κ1) is 14.0. The summed E-state index contributed by atoms with van der Waals surface area (Å²) < 4.78 is 56.6. The lowest BCUT2D eigenvalue weighted by Gasteiger charge is -2.10. The van der Waals surface area contributed by atoms with E-state index >= 15 is 0 Å². The smallest absolute Gasteiger partial charge is 0.451 e. The number of nitrogens with zero attached hydrogens (tertiary/aromatic N) is 2. The molecule has 0 atom stereocenters. The monoisotopic (exact) mass is 287 g/mol. The molecule has 2 rings (SSSR count). The first-order valence-corrected chi connectivity index (χ1v) is 5.37. The van der Waals surface area contributed by atoms with E-state index in [9.17, 15) is 17.6 Å². The lowest BCUT2D eigenvalue weighted by atomic mass is 10.1. The molecular weight excluding hydrogens is 278 g/mol. The van der Waals surface area contributed by atoms with Gasteiger partial charge in [-0.1, -0.05) is 6.07 Å². The fourth-order valence-corrected chi connectivity index (χ4v) is 1.60. The molecule has 0 aliphatic rings. The molecule has 0 spiro atoms. The summed E-state index contributed by atoms with van der Waals surface area (Å²) in [7, 11) is 1.25. The van der Waals surface area contributed by atoms with Gasteiger partial charge in [-0.25, -0.2) is 14.4 Å². The molecule has 0 radical (unpaired) electrons. The number of hydrogen-bond acceptors (Lipinski definition) is 4. The second-order valence-corrected chi connectivity index (χ2v) is 3.82. The van der Waals surface area contributed by atoms with Crippen molar-refractivity contribution in [3.8, 4) is 17.0 Å². The van der Waals surface area contributed by atoms with Crippen LogP contribution < -0.4 is 10.5 Å². The highest BCUT2D eigenvalue weighted by Gasteiger charge is 2.35. The average molecular weight is 287 g/mol. The first-order chi connectivity index (χ1) is 9.32. The van der Waals surface area contributed by atoms with Crippen LogP contribution in [0.5, 0.6) is 5.75 Å². The maximum atomic E-state index is 14.0. The summed E-state index contributed by atoms with van der Waals surface area (Å²) in [5.41, 5.74) is 4.90. The number of halogens is 4. The van der Waals surface area contributed by atoms with Crippen LogP contribution >= 0.6 is 0 Å². The summed E-state index contributed by atoms with van der Waals surface area (Å²) in [6.45, 7) is 0. The van der Waals surface area contributed by atoms with Gasteiger partial charge in [-0.2, -0.15) is 13.2 Å². The Morgan fingerprint density at radius 3 is 2.50 bits per heavy atom. The van der Waals surface area contributed by atoms with Gasteiger partial charge in [0.25, 0.3) is 0 Å². The zero-order valence-electron chi connectivity index (χ0n) is 10.2. The molecule has 106 valence electrons. The number of benzene rings is 1. The van der Waals surface area contributed by atoms with Crippen molar-refractivity contribution in [2.45, 2.75) is 6.18 Å². The van der Waals surface area contributed by atoms with Gasteiger partial charge in [0.15, 0.2) is 11.6 Å². The van der Waals surface area contributed by atoms with Crippen molar-refractivity contribution in [2.75, 3.05) is 12.8 Å². The van der Waals surface area contributed by atoms with Crippen molar-refractivity contribution in [1.29, 1.82) is 0 Å². The molecule has 1 heterocycles. The van der Waals surface area contributed by atoms with Crippen LogP contribution in [-0.2, 0) is 6.18 Å². The summed E-state index contributed by atoms with van der Waals surface area (Å²) in [5.74, 6) is -2.74. The molecule has 1 aromatic carbocycles. The van der Waals surface area contributed by atoms with Crippen LogP contribution in [-0.4, -0.2) is 17.1 Å². The highest BCUT2D eigenvalue weighted by Crippen LogP contribution is 2.32. The number of methoxy groups -OCH3 is 1. The van der Waals surface area contributed by atoms with Crippen LogP contribution in [0.15, 0.2) is 24.3 Å². The van der Waals surface area contributed by atoms with Gasteiger partial charge in [-0.15, -0.1) is 0 Å². The van der Waals surface area contributed by atoms with E-state index in [1.54, 1.807) is 0 Å². The maximum Gasteiger partial charge on any atom is 0.451 e. The fraction of sp³-hybridized carbons (Fsp3) is 0.167.